The van der Waals surface area contributed by atoms with Crippen LogP contribution < -0.4 is 0 Å². The number of aldehydes is 1. The molecule has 128 valence electrons. The van der Waals surface area contributed by atoms with Gasteiger partial charge in [0.15, 0.2) is 0 Å². The van der Waals surface area contributed by atoms with Crippen molar-refractivity contribution in [1.82, 2.24) is 0 Å². The molecule has 0 spiro atoms. The summed E-state index contributed by atoms with van der Waals surface area (Å²) in [6.07, 6.45) is 12.1. The molecule has 0 radical (unpaired) electrons. The Kier molecular flexibility index (Phi) is 11.1. The van der Waals surface area contributed by atoms with Crippen molar-refractivity contribution in [2.24, 2.45) is 5.92 Å². The van der Waals surface area contributed by atoms with E-state index in [1.165, 1.54) is 6.08 Å². The number of aliphatic hydroxyl groups excluding tert-OH is 3. The summed E-state index contributed by atoms with van der Waals surface area (Å²) in [7, 11) is 0. The molecule has 0 saturated heterocycles. The molecule has 1 unspecified atom stereocenters. The van der Waals surface area contributed by atoms with Gasteiger partial charge >= 0.3 is 0 Å². The molecule has 0 amide bonds. The van der Waals surface area contributed by atoms with E-state index < -0.39 is 0 Å². The van der Waals surface area contributed by atoms with Crippen molar-refractivity contribution in [3.63, 3.8) is 0 Å². The zero-order valence-corrected chi connectivity index (χ0v) is 14.0. The Bertz CT molecular complexity index is 495. The molecule has 4 heteroatoms. The highest BCUT2D eigenvalue weighted by molar-refractivity contribution is 5.51. The minimum Gasteiger partial charge on any atom is -0.516 e. The highest BCUT2D eigenvalue weighted by Crippen LogP contribution is 2.23. The highest BCUT2D eigenvalue weighted by atomic mass is 16.3. The lowest BCUT2D eigenvalue weighted by Gasteiger charge is -2.11. The van der Waals surface area contributed by atoms with Crippen LogP contribution in [0.2, 0.25) is 0 Å². The number of hydrogen-bond acceptors (Lipinski definition) is 4. The Morgan fingerprint density at radius 2 is 1.91 bits per heavy atom. The van der Waals surface area contributed by atoms with Crippen LogP contribution in [0.4, 0.5) is 0 Å². The van der Waals surface area contributed by atoms with E-state index in [1.807, 2.05) is 13.0 Å². The first-order valence-corrected chi connectivity index (χ1v) is 7.92. The average molecular weight is 320 g/mol. The number of hydrogen-bond donors (Lipinski definition) is 3. The Morgan fingerprint density at radius 1 is 1.22 bits per heavy atom. The summed E-state index contributed by atoms with van der Waals surface area (Å²) in [5.41, 5.74) is 0.633. The summed E-state index contributed by atoms with van der Waals surface area (Å²) < 4.78 is 0. The molecule has 0 fully saturated rings. The van der Waals surface area contributed by atoms with Crippen LogP contribution in [0, 0.1) is 5.92 Å². The van der Waals surface area contributed by atoms with Gasteiger partial charge in [-0.3, -0.25) is 0 Å². The van der Waals surface area contributed by atoms with E-state index in [1.54, 1.807) is 12.2 Å². The predicted octanol–water partition coefficient (Wildman–Crippen LogP) is 5.23. The molecule has 1 atom stereocenters. The van der Waals surface area contributed by atoms with Crippen molar-refractivity contribution >= 4 is 6.29 Å². The van der Waals surface area contributed by atoms with Gasteiger partial charge in [0.2, 0.25) is 0 Å². The summed E-state index contributed by atoms with van der Waals surface area (Å²) in [5, 5.41) is 29.2. The zero-order valence-electron chi connectivity index (χ0n) is 14.0. The van der Waals surface area contributed by atoms with Gasteiger partial charge in [-0.25, -0.2) is 0 Å². The second-order valence-electron chi connectivity index (χ2n) is 5.41. The third kappa shape index (κ3) is 8.71. The smallest absolute Gasteiger partial charge is 0.123 e. The maximum absolute atomic E-state index is 10.3. The van der Waals surface area contributed by atoms with Gasteiger partial charge in [-0.05, 0) is 42.9 Å². The van der Waals surface area contributed by atoms with Crippen LogP contribution in [0.3, 0.4) is 0 Å². The van der Waals surface area contributed by atoms with Crippen molar-refractivity contribution in [3.05, 3.63) is 59.8 Å². The van der Waals surface area contributed by atoms with Gasteiger partial charge in [0.25, 0.3) is 0 Å². The van der Waals surface area contributed by atoms with Gasteiger partial charge in [0.05, 0.1) is 11.8 Å². The molecule has 0 aromatic rings. The third-order valence-corrected chi connectivity index (χ3v) is 3.26. The first kappa shape index (κ1) is 20.8. The number of unbranched alkanes of at least 4 members (excludes halogenated alkanes) is 2. The first-order valence-electron chi connectivity index (χ1n) is 7.92. The monoisotopic (exact) mass is 320 g/mol. The van der Waals surface area contributed by atoms with Crippen molar-refractivity contribution in [2.75, 3.05) is 0 Å². The summed E-state index contributed by atoms with van der Waals surface area (Å²) in [4.78, 5) is 10.3. The predicted molar refractivity (Wildman–Crippen MR) is 94.4 cm³/mol. The van der Waals surface area contributed by atoms with Crippen LogP contribution in [0.25, 0.3) is 0 Å². The number of carbonyl (C=O) groups excluding carboxylic acids is 1. The largest absolute Gasteiger partial charge is 0.516 e. The fraction of sp³-hybridized carbons (Fsp3) is 0.421. The van der Waals surface area contributed by atoms with E-state index in [0.717, 1.165) is 31.8 Å². The summed E-state index contributed by atoms with van der Waals surface area (Å²) in [6.45, 7) is 7.53. The quantitative estimate of drug-likeness (QED) is 0.211. The second-order valence-corrected chi connectivity index (χ2v) is 5.41. The molecular weight excluding hydrogens is 292 g/mol. The van der Waals surface area contributed by atoms with E-state index in [4.69, 9.17) is 5.11 Å². The van der Waals surface area contributed by atoms with Crippen LogP contribution in [0.15, 0.2) is 59.8 Å². The Hall–Kier alpha value is -2.23. The summed E-state index contributed by atoms with van der Waals surface area (Å²) in [6, 6.07) is 0. The van der Waals surface area contributed by atoms with Gasteiger partial charge in [0.1, 0.15) is 17.8 Å². The topological polar surface area (TPSA) is 77.8 Å². The Balaban J connectivity index is 5.51. The van der Waals surface area contributed by atoms with Crippen molar-refractivity contribution in [2.45, 2.75) is 46.0 Å². The molecule has 0 aliphatic carbocycles. The average Bonchev–Trinajstić information content (AvgIpc) is 2.46. The highest BCUT2D eigenvalue weighted by Gasteiger charge is 2.12. The number of allylic oxidation sites excluding steroid dienone is 5. The third-order valence-electron chi connectivity index (χ3n) is 3.26. The van der Waals surface area contributed by atoms with E-state index >= 15 is 0 Å². The van der Waals surface area contributed by atoms with E-state index in [2.05, 4.69) is 13.5 Å². The lowest BCUT2D eigenvalue weighted by atomic mass is 9.99. The molecule has 0 aromatic carbocycles. The summed E-state index contributed by atoms with van der Waals surface area (Å²) in [5.74, 6) is -0.178. The molecular formula is C19H28O4. The maximum atomic E-state index is 10.3. The molecule has 0 bridgehead atoms. The lowest BCUT2D eigenvalue weighted by Crippen LogP contribution is -2.00. The molecule has 0 heterocycles. The van der Waals surface area contributed by atoms with Gasteiger partial charge in [-0.15, -0.1) is 0 Å². The van der Waals surface area contributed by atoms with Crippen LogP contribution in [-0.2, 0) is 4.79 Å². The van der Waals surface area contributed by atoms with Crippen molar-refractivity contribution < 1.29 is 20.1 Å². The van der Waals surface area contributed by atoms with Gasteiger partial charge < -0.3 is 20.1 Å². The van der Waals surface area contributed by atoms with Crippen LogP contribution in [0.5, 0.6) is 0 Å². The van der Waals surface area contributed by atoms with Crippen molar-refractivity contribution in [3.8, 4) is 0 Å². The first-order chi connectivity index (χ1) is 11.0. The van der Waals surface area contributed by atoms with Gasteiger partial charge in [-0.2, -0.15) is 0 Å². The van der Waals surface area contributed by atoms with Gasteiger partial charge in [0, 0.05) is 6.42 Å². The molecule has 4 nitrogen and oxygen atoms in total. The minimum absolute atomic E-state index is 0.0657. The standard InChI is InChI=1S/C19H28O4/c1-4-9-15(2)14-18(23)19(16(3)22)17(11-13-21)10-7-5-6-8-12-20/h7,10-15,21-23H,3-6,8-9H2,1-2H3/b10-7+,13-11+,18-14-,19-17+. The molecule has 0 rings (SSSR count). The Morgan fingerprint density at radius 3 is 2.43 bits per heavy atom. The minimum atomic E-state index is -0.270. The van der Waals surface area contributed by atoms with Crippen LogP contribution >= 0.6 is 0 Å². The second kappa shape index (κ2) is 12.3. The molecule has 0 saturated carbocycles. The van der Waals surface area contributed by atoms with E-state index in [0.29, 0.717) is 18.4 Å². The number of aliphatic hydroxyl groups is 3. The zero-order chi connectivity index (χ0) is 17.7. The van der Waals surface area contributed by atoms with Crippen LogP contribution in [0.1, 0.15) is 46.0 Å². The lowest BCUT2D eigenvalue weighted by molar-refractivity contribution is -0.107. The number of rotatable bonds is 11. The normalized spacial score (nSPS) is 15.0. The fourth-order valence-electron chi connectivity index (χ4n) is 2.19. The fourth-order valence-corrected chi connectivity index (χ4v) is 2.19. The van der Waals surface area contributed by atoms with Crippen molar-refractivity contribution in [1.29, 1.82) is 0 Å². The van der Waals surface area contributed by atoms with E-state index in [9.17, 15) is 15.0 Å². The maximum Gasteiger partial charge on any atom is 0.123 e. The van der Waals surface area contributed by atoms with E-state index in [-0.39, 0.29) is 23.0 Å². The van der Waals surface area contributed by atoms with Crippen LogP contribution in [-0.4, -0.2) is 21.6 Å². The summed E-state index contributed by atoms with van der Waals surface area (Å²) >= 11 is 0. The molecule has 0 aromatic heterocycles. The molecule has 23 heavy (non-hydrogen) atoms. The number of carbonyl (C=O) groups is 1. The Labute approximate surface area is 138 Å². The molecule has 0 aliphatic heterocycles. The molecule has 0 aliphatic rings. The van der Waals surface area contributed by atoms with Gasteiger partial charge in [-0.1, -0.05) is 39.0 Å². The SMILES string of the molecule is C=C(O)C(/C(O)=C/C(C)CCC)=C(\C=C\O)/C=C/CCCC=O. The molecule has 3 N–H and O–H groups in total.